The van der Waals surface area contributed by atoms with Gasteiger partial charge in [-0.3, -0.25) is 9.80 Å². The lowest BCUT2D eigenvalue weighted by molar-refractivity contribution is -0.159. The minimum absolute atomic E-state index is 0.938. The number of hydrogen-bond donors (Lipinski definition) is 2. The van der Waals surface area contributed by atoms with Crippen LogP contribution >= 0.6 is 0 Å². The van der Waals surface area contributed by atoms with Gasteiger partial charge in [0.1, 0.15) is 11.5 Å². The van der Waals surface area contributed by atoms with Crippen LogP contribution in [0.4, 0.5) is 0 Å². The molecule has 0 amide bonds. The summed E-state index contributed by atoms with van der Waals surface area (Å²) in [7, 11) is 0. The smallest absolute Gasteiger partial charge is 0.414 e. The molecule has 2 aromatic rings. The zero-order valence-corrected chi connectivity index (χ0v) is 14.8. The first-order chi connectivity index (χ1) is 12.4. The molecular weight excluding hydrogens is 336 g/mol. The van der Waals surface area contributed by atoms with Crippen LogP contribution in [0.3, 0.4) is 0 Å². The number of hydrogen-bond acceptors (Lipinski definition) is 5. The van der Waals surface area contributed by atoms with Crippen LogP contribution in [0.25, 0.3) is 0 Å². The summed E-state index contributed by atoms with van der Waals surface area (Å²) in [5.74, 6) is -1.56. The minimum Gasteiger partial charge on any atom is -0.473 e. The molecule has 1 aromatic heterocycles. The van der Waals surface area contributed by atoms with E-state index in [9.17, 15) is 0 Å². The third-order valence-corrected chi connectivity index (χ3v) is 4.07. The van der Waals surface area contributed by atoms with Crippen molar-refractivity contribution in [1.82, 2.24) is 9.80 Å². The maximum atomic E-state index is 9.10. The SMILES string of the molecule is Cc1ccc(CN2CCN(Cc3ccccc3)CC2)o1.O=C(O)C(=O)O. The second-order valence-electron chi connectivity index (χ2n) is 6.16. The van der Waals surface area contributed by atoms with Crippen molar-refractivity contribution in [2.75, 3.05) is 26.2 Å². The summed E-state index contributed by atoms with van der Waals surface area (Å²) in [6.45, 7) is 8.51. The van der Waals surface area contributed by atoms with Gasteiger partial charge in [0.15, 0.2) is 0 Å². The summed E-state index contributed by atoms with van der Waals surface area (Å²) >= 11 is 0. The quantitative estimate of drug-likeness (QED) is 0.806. The summed E-state index contributed by atoms with van der Waals surface area (Å²) in [6, 6.07) is 14.9. The van der Waals surface area contributed by atoms with Gasteiger partial charge in [-0.2, -0.15) is 0 Å². The molecule has 1 saturated heterocycles. The molecule has 140 valence electrons. The van der Waals surface area contributed by atoms with Crippen LogP contribution in [0, 0.1) is 6.92 Å². The maximum absolute atomic E-state index is 9.10. The highest BCUT2D eigenvalue weighted by atomic mass is 16.4. The van der Waals surface area contributed by atoms with E-state index in [0.29, 0.717) is 0 Å². The van der Waals surface area contributed by atoms with E-state index in [1.54, 1.807) is 0 Å². The van der Waals surface area contributed by atoms with Gasteiger partial charge in [0.05, 0.1) is 6.54 Å². The van der Waals surface area contributed by atoms with Crippen LogP contribution in [-0.2, 0) is 22.7 Å². The van der Waals surface area contributed by atoms with Crippen molar-refractivity contribution < 1.29 is 24.2 Å². The van der Waals surface area contributed by atoms with E-state index in [0.717, 1.165) is 50.8 Å². The molecule has 3 rings (SSSR count). The Balaban J connectivity index is 0.000000352. The zero-order chi connectivity index (χ0) is 18.9. The number of carboxylic acid groups (broad SMARTS) is 2. The van der Waals surface area contributed by atoms with Gasteiger partial charge in [0.25, 0.3) is 0 Å². The highest BCUT2D eigenvalue weighted by Crippen LogP contribution is 2.13. The van der Waals surface area contributed by atoms with Gasteiger partial charge in [-0.25, -0.2) is 9.59 Å². The number of aryl methyl sites for hydroxylation is 1. The Morgan fingerprint density at radius 2 is 1.42 bits per heavy atom. The van der Waals surface area contributed by atoms with E-state index >= 15 is 0 Å². The summed E-state index contributed by atoms with van der Waals surface area (Å²) in [5, 5.41) is 14.8. The number of benzene rings is 1. The molecule has 7 heteroatoms. The standard InChI is InChI=1S/C17H22N2O.C2H2O4/c1-15-7-8-17(20-15)14-19-11-9-18(10-12-19)13-16-5-3-2-4-6-16;3-1(4)2(5)6/h2-8H,9-14H2,1H3;(H,3,4)(H,5,6). The molecule has 7 nitrogen and oxygen atoms in total. The summed E-state index contributed by atoms with van der Waals surface area (Å²) in [4.78, 5) is 23.2. The molecule has 1 aliphatic heterocycles. The number of carboxylic acids is 2. The van der Waals surface area contributed by atoms with Crippen molar-refractivity contribution in [3.8, 4) is 0 Å². The fraction of sp³-hybridized carbons (Fsp3) is 0.368. The van der Waals surface area contributed by atoms with Gasteiger partial charge in [-0.05, 0) is 24.6 Å². The van der Waals surface area contributed by atoms with Crippen molar-refractivity contribution in [2.24, 2.45) is 0 Å². The number of nitrogens with zero attached hydrogens (tertiary/aromatic N) is 2. The summed E-state index contributed by atoms with van der Waals surface area (Å²) in [6.07, 6.45) is 0. The lowest BCUT2D eigenvalue weighted by Crippen LogP contribution is -2.45. The van der Waals surface area contributed by atoms with E-state index in [1.165, 1.54) is 5.56 Å². The Hall–Kier alpha value is -2.64. The van der Waals surface area contributed by atoms with Gasteiger partial charge in [-0.15, -0.1) is 0 Å². The van der Waals surface area contributed by atoms with Crippen LogP contribution in [-0.4, -0.2) is 58.1 Å². The van der Waals surface area contributed by atoms with Crippen LogP contribution in [0.1, 0.15) is 17.1 Å². The van der Waals surface area contributed by atoms with Crippen molar-refractivity contribution in [1.29, 1.82) is 0 Å². The van der Waals surface area contributed by atoms with Crippen molar-refractivity contribution in [2.45, 2.75) is 20.0 Å². The van der Waals surface area contributed by atoms with Gasteiger partial charge in [0.2, 0.25) is 0 Å². The van der Waals surface area contributed by atoms with E-state index < -0.39 is 11.9 Å². The number of aliphatic carboxylic acids is 2. The normalized spacial score (nSPS) is 15.1. The molecule has 0 atom stereocenters. The van der Waals surface area contributed by atoms with Crippen LogP contribution in [0.2, 0.25) is 0 Å². The molecular formula is C19H24N2O5. The summed E-state index contributed by atoms with van der Waals surface area (Å²) < 4.78 is 5.65. The zero-order valence-electron chi connectivity index (χ0n) is 14.8. The predicted molar refractivity (Wildman–Crippen MR) is 95.7 cm³/mol. The molecule has 0 radical (unpaired) electrons. The number of carbonyl (C=O) groups is 2. The molecule has 1 aromatic carbocycles. The fourth-order valence-electron chi connectivity index (χ4n) is 2.74. The molecule has 1 aliphatic rings. The second kappa shape index (κ2) is 9.74. The Bertz CT molecular complexity index is 694. The van der Waals surface area contributed by atoms with E-state index in [2.05, 4.69) is 46.2 Å². The van der Waals surface area contributed by atoms with Gasteiger partial charge in [-0.1, -0.05) is 30.3 Å². The first-order valence-electron chi connectivity index (χ1n) is 8.44. The molecule has 0 aliphatic carbocycles. The second-order valence-corrected chi connectivity index (χ2v) is 6.16. The minimum atomic E-state index is -1.82. The number of piperazine rings is 1. The molecule has 1 fully saturated rings. The Kier molecular flexibility index (Phi) is 7.37. The van der Waals surface area contributed by atoms with Crippen LogP contribution in [0.5, 0.6) is 0 Å². The molecule has 2 heterocycles. The number of furan rings is 1. The largest absolute Gasteiger partial charge is 0.473 e. The number of rotatable bonds is 4. The van der Waals surface area contributed by atoms with Gasteiger partial charge >= 0.3 is 11.9 Å². The fourth-order valence-corrected chi connectivity index (χ4v) is 2.74. The van der Waals surface area contributed by atoms with Crippen molar-refractivity contribution >= 4 is 11.9 Å². The molecule has 0 bridgehead atoms. The Labute approximate surface area is 152 Å². The van der Waals surface area contributed by atoms with Crippen LogP contribution < -0.4 is 0 Å². The lowest BCUT2D eigenvalue weighted by Gasteiger charge is -2.34. The monoisotopic (exact) mass is 360 g/mol. The van der Waals surface area contributed by atoms with Gasteiger partial charge < -0.3 is 14.6 Å². The first-order valence-corrected chi connectivity index (χ1v) is 8.44. The molecule has 0 spiro atoms. The molecule has 26 heavy (non-hydrogen) atoms. The predicted octanol–water partition coefficient (Wildman–Crippen LogP) is 2.06. The third kappa shape index (κ3) is 6.70. The van der Waals surface area contributed by atoms with E-state index in [-0.39, 0.29) is 0 Å². The Morgan fingerprint density at radius 1 is 0.885 bits per heavy atom. The first kappa shape index (κ1) is 19.7. The van der Waals surface area contributed by atoms with E-state index in [1.807, 2.05) is 13.0 Å². The molecule has 2 N–H and O–H groups in total. The van der Waals surface area contributed by atoms with Crippen molar-refractivity contribution in [3.63, 3.8) is 0 Å². The Morgan fingerprint density at radius 3 is 1.88 bits per heavy atom. The maximum Gasteiger partial charge on any atom is 0.414 e. The topological polar surface area (TPSA) is 94.2 Å². The third-order valence-electron chi connectivity index (χ3n) is 4.07. The van der Waals surface area contributed by atoms with E-state index in [4.69, 9.17) is 24.2 Å². The average molecular weight is 360 g/mol. The molecule has 0 saturated carbocycles. The highest BCUT2D eigenvalue weighted by molar-refractivity contribution is 6.27. The highest BCUT2D eigenvalue weighted by Gasteiger charge is 2.17. The molecule has 0 unspecified atom stereocenters. The van der Waals surface area contributed by atoms with Gasteiger partial charge in [0, 0.05) is 32.7 Å². The lowest BCUT2D eigenvalue weighted by atomic mass is 10.2. The summed E-state index contributed by atoms with van der Waals surface area (Å²) in [5.41, 5.74) is 1.41. The van der Waals surface area contributed by atoms with Crippen molar-refractivity contribution in [3.05, 3.63) is 59.5 Å². The van der Waals surface area contributed by atoms with Crippen LogP contribution in [0.15, 0.2) is 46.9 Å². The average Bonchev–Trinajstić information content (AvgIpc) is 3.03.